The molecule has 0 saturated heterocycles. The quantitative estimate of drug-likeness (QED) is 0.855. The Morgan fingerprint density at radius 3 is 2.39 bits per heavy atom. The smallest absolute Gasteiger partial charge is 0.326 e. The van der Waals surface area contributed by atoms with Crippen LogP contribution in [0.1, 0.15) is 40.7 Å². The van der Waals surface area contributed by atoms with Crippen LogP contribution < -0.4 is 5.32 Å². The van der Waals surface area contributed by atoms with E-state index in [9.17, 15) is 9.59 Å². The van der Waals surface area contributed by atoms with E-state index in [1.165, 1.54) is 0 Å². The van der Waals surface area contributed by atoms with Crippen LogP contribution in [0.5, 0.6) is 0 Å². The van der Waals surface area contributed by atoms with Crippen LogP contribution in [-0.4, -0.2) is 32.8 Å². The van der Waals surface area contributed by atoms with Crippen molar-refractivity contribution in [2.75, 3.05) is 0 Å². The number of benzene rings is 1. The van der Waals surface area contributed by atoms with Crippen LogP contribution in [-0.2, 0) is 11.3 Å². The summed E-state index contributed by atoms with van der Waals surface area (Å²) in [6.45, 7) is 6.30. The number of rotatable bonds is 6. The third-order valence-electron chi connectivity index (χ3n) is 3.66. The topological polar surface area (TPSA) is 84.2 Å². The van der Waals surface area contributed by atoms with E-state index in [4.69, 9.17) is 5.11 Å². The summed E-state index contributed by atoms with van der Waals surface area (Å²) in [6.07, 6.45) is 0.344. The zero-order valence-corrected chi connectivity index (χ0v) is 13.5. The molecule has 2 aromatic rings. The van der Waals surface area contributed by atoms with E-state index in [2.05, 4.69) is 10.4 Å². The summed E-state index contributed by atoms with van der Waals surface area (Å²) >= 11 is 0. The maximum Gasteiger partial charge on any atom is 0.326 e. The number of carbonyl (C=O) groups excluding carboxylic acids is 1. The standard InChI is InChI=1S/C17H21N3O3/c1-4-15(17(22)23)18-16(21)14-7-5-13(6-8-14)10-20-12(3)9-11(2)19-20/h5-9,15H,4,10H2,1-3H3,(H,18,21)(H,22,23). The van der Waals surface area contributed by atoms with Gasteiger partial charge in [0.1, 0.15) is 6.04 Å². The van der Waals surface area contributed by atoms with Gasteiger partial charge >= 0.3 is 5.97 Å². The van der Waals surface area contributed by atoms with E-state index in [0.717, 1.165) is 17.0 Å². The fourth-order valence-corrected chi connectivity index (χ4v) is 2.35. The fraction of sp³-hybridized carbons (Fsp3) is 0.353. The summed E-state index contributed by atoms with van der Waals surface area (Å²) in [5, 5.41) is 15.9. The SMILES string of the molecule is CCC(NC(=O)c1ccc(Cn2nc(C)cc2C)cc1)C(=O)O. The molecular weight excluding hydrogens is 294 g/mol. The van der Waals surface area contributed by atoms with Crippen molar-refractivity contribution in [3.63, 3.8) is 0 Å². The molecule has 23 heavy (non-hydrogen) atoms. The molecule has 1 heterocycles. The molecule has 2 N–H and O–H groups in total. The van der Waals surface area contributed by atoms with Crippen LogP contribution in [0.3, 0.4) is 0 Å². The van der Waals surface area contributed by atoms with Crippen molar-refractivity contribution in [3.05, 3.63) is 52.8 Å². The monoisotopic (exact) mass is 315 g/mol. The molecule has 1 amide bonds. The molecule has 0 fully saturated rings. The number of hydrogen-bond donors (Lipinski definition) is 2. The molecule has 0 aliphatic carbocycles. The van der Waals surface area contributed by atoms with Gasteiger partial charge in [0.05, 0.1) is 12.2 Å². The molecule has 0 aliphatic rings. The van der Waals surface area contributed by atoms with Gasteiger partial charge in [-0.3, -0.25) is 9.48 Å². The number of aryl methyl sites for hydroxylation is 2. The summed E-state index contributed by atoms with van der Waals surface area (Å²) in [6, 6.07) is 8.26. The van der Waals surface area contributed by atoms with Gasteiger partial charge in [-0.1, -0.05) is 19.1 Å². The highest BCUT2D eigenvalue weighted by atomic mass is 16.4. The van der Waals surface area contributed by atoms with Crippen LogP contribution in [0, 0.1) is 13.8 Å². The molecule has 1 aromatic heterocycles. The van der Waals surface area contributed by atoms with Gasteiger partial charge in [-0.15, -0.1) is 0 Å². The van der Waals surface area contributed by atoms with E-state index >= 15 is 0 Å². The molecule has 0 radical (unpaired) electrons. The number of carboxylic acid groups (broad SMARTS) is 1. The minimum Gasteiger partial charge on any atom is -0.480 e. The lowest BCUT2D eigenvalue weighted by Crippen LogP contribution is -2.40. The van der Waals surface area contributed by atoms with Gasteiger partial charge in [-0.2, -0.15) is 5.10 Å². The predicted molar refractivity (Wildman–Crippen MR) is 86.4 cm³/mol. The third kappa shape index (κ3) is 4.18. The van der Waals surface area contributed by atoms with Crippen molar-refractivity contribution in [2.24, 2.45) is 0 Å². The summed E-state index contributed by atoms with van der Waals surface area (Å²) in [7, 11) is 0. The lowest BCUT2D eigenvalue weighted by molar-refractivity contribution is -0.139. The van der Waals surface area contributed by atoms with E-state index in [-0.39, 0.29) is 5.91 Å². The normalized spacial score (nSPS) is 12.0. The van der Waals surface area contributed by atoms with E-state index < -0.39 is 12.0 Å². The van der Waals surface area contributed by atoms with Crippen molar-refractivity contribution in [2.45, 2.75) is 39.8 Å². The molecule has 6 nitrogen and oxygen atoms in total. The van der Waals surface area contributed by atoms with Gasteiger partial charge in [0.15, 0.2) is 0 Å². The van der Waals surface area contributed by atoms with Crippen molar-refractivity contribution >= 4 is 11.9 Å². The molecular formula is C17H21N3O3. The highest BCUT2D eigenvalue weighted by Crippen LogP contribution is 2.09. The van der Waals surface area contributed by atoms with Gasteiger partial charge in [-0.05, 0) is 44.0 Å². The first-order valence-corrected chi connectivity index (χ1v) is 7.54. The first-order valence-electron chi connectivity index (χ1n) is 7.54. The molecule has 0 saturated carbocycles. The average Bonchev–Trinajstić information content (AvgIpc) is 2.82. The zero-order chi connectivity index (χ0) is 17.0. The summed E-state index contributed by atoms with van der Waals surface area (Å²) in [5.74, 6) is -1.40. The molecule has 1 aromatic carbocycles. The number of nitrogens with zero attached hydrogens (tertiary/aromatic N) is 2. The molecule has 0 spiro atoms. The van der Waals surface area contributed by atoms with Gasteiger partial charge in [-0.25, -0.2) is 4.79 Å². The van der Waals surface area contributed by atoms with Gasteiger partial charge in [0, 0.05) is 11.3 Å². The van der Waals surface area contributed by atoms with Gasteiger partial charge in [0.2, 0.25) is 0 Å². The summed E-state index contributed by atoms with van der Waals surface area (Å²) in [5.41, 5.74) is 3.52. The Morgan fingerprint density at radius 1 is 1.26 bits per heavy atom. The van der Waals surface area contributed by atoms with Gasteiger partial charge < -0.3 is 10.4 Å². The van der Waals surface area contributed by atoms with E-state index in [1.807, 2.05) is 36.7 Å². The van der Waals surface area contributed by atoms with Gasteiger partial charge in [0.25, 0.3) is 5.91 Å². The Labute approximate surface area is 135 Å². The van der Waals surface area contributed by atoms with Crippen LogP contribution in [0.15, 0.2) is 30.3 Å². The number of carbonyl (C=O) groups is 2. The summed E-state index contributed by atoms with van der Waals surface area (Å²) < 4.78 is 1.90. The molecule has 122 valence electrons. The number of carboxylic acids is 1. The van der Waals surface area contributed by atoms with Crippen LogP contribution in [0.2, 0.25) is 0 Å². The minimum atomic E-state index is -1.03. The predicted octanol–water partition coefficient (Wildman–Crippen LogP) is 2.14. The van der Waals surface area contributed by atoms with Crippen LogP contribution in [0.4, 0.5) is 0 Å². The van der Waals surface area contributed by atoms with E-state index in [0.29, 0.717) is 18.5 Å². The Hall–Kier alpha value is -2.63. The molecule has 1 unspecified atom stereocenters. The first-order chi connectivity index (χ1) is 10.9. The lowest BCUT2D eigenvalue weighted by Gasteiger charge is -2.12. The fourth-order valence-electron chi connectivity index (χ4n) is 2.35. The van der Waals surface area contributed by atoms with Crippen LogP contribution >= 0.6 is 0 Å². The molecule has 0 bridgehead atoms. The maximum absolute atomic E-state index is 12.1. The lowest BCUT2D eigenvalue weighted by atomic mass is 10.1. The Morgan fingerprint density at radius 2 is 1.91 bits per heavy atom. The molecule has 2 rings (SSSR count). The largest absolute Gasteiger partial charge is 0.480 e. The second-order valence-corrected chi connectivity index (χ2v) is 5.55. The highest BCUT2D eigenvalue weighted by Gasteiger charge is 2.18. The average molecular weight is 315 g/mol. The third-order valence-corrected chi connectivity index (χ3v) is 3.66. The number of aromatic nitrogens is 2. The van der Waals surface area contributed by atoms with Crippen molar-refractivity contribution < 1.29 is 14.7 Å². The van der Waals surface area contributed by atoms with Crippen molar-refractivity contribution in [1.29, 1.82) is 0 Å². The number of amides is 1. The van der Waals surface area contributed by atoms with Crippen LogP contribution in [0.25, 0.3) is 0 Å². The Kier molecular flexibility index (Phi) is 5.16. The first kappa shape index (κ1) is 16.7. The Bertz CT molecular complexity index is 704. The zero-order valence-electron chi connectivity index (χ0n) is 13.5. The number of nitrogens with one attached hydrogen (secondary N) is 1. The molecule has 1 atom stereocenters. The van der Waals surface area contributed by atoms with Crippen molar-refractivity contribution in [3.8, 4) is 0 Å². The van der Waals surface area contributed by atoms with Crippen molar-refractivity contribution in [1.82, 2.24) is 15.1 Å². The summed E-state index contributed by atoms with van der Waals surface area (Å²) in [4.78, 5) is 23.0. The highest BCUT2D eigenvalue weighted by molar-refractivity contribution is 5.96. The Balaban J connectivity index is 2.05. The number of hydrogen-bond acceptors (Lipinski definition) is 3. The second-order valence-electron chi connectivity index (χ2n) is 5.55. The number of aliphatic carboxylic acids is 1. The second kappa shape index (κ2) is 7.09. The van der Waals surface area contributed by atoms with E-state index in [1.54, 1.807) is 19.1 Å². The molecule has 0 aliphatic heterocycles. The minimum absolute atomic E-state index is 0.344. The molecule has 6 heteroatoms. The maximum atomic E-state index is 12.1.